The maximum absolute atomic E-state index is 12.4. The summed E-state index contributed by atoms with van der Waals surface area (Å²) in [4.78, 5) is 23.4. The number of carbonyl (C=O) groups is 2. The van der Waals surface area contributed by atoms with Crippen molar-refractivity contribution in [3.63, 3.8) is 0 Å². The molecule has 3 aromatic rings. The zero-order valence-corrected chi connectivity index (χ0v) is 13.5. The van der Waals surface area contributed by atoms with E-state index in [0.29, 0.717) is 16.6 Å². The van der Waals surface area contributed by atoms with E-state index < -0.39 is 5.97 Å². The molecule has 0 fully saturated rings. The molecule has 1 aromatic heterocycles. The third-order valence-corrected chi connectivity index (χ3v) is 4.11. The molecule has 0 amide bonds. The Balaban J connectivity index is 2.14. The number of benzene rings is 2. The molecule has 116 valence electrons. The van der Waals surface area contributed by atoms with Crippen LogP contribution >= 0.6 is 11.7 Å². The van der Waals surface area contributed by atoms with Crippen LogP contribution in [0.1, 0.15) is 22.8 Å². The van der Waals surface area contributed by atoms with Gasteiger partial charge in [-0.3, -0.25) is 9.59 Å². The summed E-state index contributed by atoms with van der Waals surface area (Å²) in [6, 6.07) is 11.6. The number of carbonyl (C=O) groups excluding carboxylic acids is 2. The summed E-state index contributed by atoms with van der Waals surface area (Å²) in [5.74, 6) is -0.767. The van der Waals surface area contributed by atoms with Gasteiger partial charge in [-0.25, -0.2) is 0 Å². The van der Waals surface area contributed by atoms with Crippen LogP contribution in [0.4, 0.5) is 0 Å². The number of hydrogen-bond acceptors (Lipinski definition) is 6. The predicted octanol–water partition coefficient (Wildman–Crippen LogP) is 3.41. The lowest BCUT2D eigenvalue weighted by Crippen LogP contribution is -2.12. The zero-order valence-electron chi connectivity index (χ0n) is 12.7. The van der Waals surface area contributed by atoms with Crippen LogP contribution in [-0.4, -0.2) is 27.1 Å². The Morgan fingerprint density at radius 3 is 2.52 bits per heavy atom. The third kappa shape index (κ3) is 2.98. The summed E-state index contributed by atoms with van der Waals surface area (Å²) in [6.07, 6.45) is 0. The lowest BCUT2D eigenvalue weighted by atomic mass is 9.95. The SMILES string of the molecule is CC(=O)OCC(=O)c1cc(-c2ccccc2)c(C)c2nsnc12. The quantitative estimate of drug-likeness (QED) is 0.543. The average molecular weight is 326 g/mol. The third-order valence-electron chi connectivity index (χ3n) is 3.58. The van der Waals surface area contributed by atoms with Gasteiger partial charge in [0.2, 0.25) is 5.78 Å². The maximum atomic E-state index is 12.4. The first kappa shape index (κ1) is 15.3. The molecule has 0 aliphatic heterocycles. The Hall–Kier alpha value is -2.60. The van der Waals surface area contributed by atoms with Crippen molar-refractivity contribution in [3.05, 3.63) is 47.5 Å². The van der Waals surface area contributed by atoms with E-state index in [1.54, 1.807) is 6.07 Å². The van der Waals surface area contributed by atoms with Crippen LogP contribution in [-0.2, 0) is 9.53 Å². The lowest BCUT2D eigenvalue weighted by molar-refractivity contribution is -0.139. The highest BCUT2D eigenvalue weighted by atomic mass is 32.1. The summed E-state index contributed by atoms with van der Waals surface area (Å²) in [5.41, 5.74) is 4.61. The molecule has 0 unspecified atom stereocenters. The fourth-order valence-corrected chi connectivity index (χ4v) is 3.05. The van der Waals surface area contributed by atoms with Crippen LogP contribution in [0.15, 0.2) is 36.4 Å². The number of esters is 1. The Morgan fingerprint density at radius 1 is 1.13 bits per heavy atom. The van der Waals surface area contributed by atoms with E-state index in [1.807, 2.05) is 37.3 Å². The van der Waals surface area contributed by atoms with E-state index in [1.165, 1.54) is 6.92 Å². The number of aromatic nitrogens is 2. The highest BCUT2D eigenvalue weighted by Crippen LogP contribution is 2.31. The Kier molecular flexibility index (Phi) is 4.16. The second kappa shape index (κ2) is 6.26. The van der Waals surface area contributed by atoms with E-state index >= 15 is 0 Å². The molecule has 1 heterocycles. The van der Waals surface area contributed by atoms with Crippen LogP contribution in [0.25, 0.3) is 22.2 Å². The van der Waals surface area contributed by atoms with Gasteiger partial charge in [0.1, 0.15) is 11.0 Å². The molecule has 23 heavy (non-hydrogen) atoms. The van der Waals surface area contributed by atoms with Gasteiger partial charge in [0.05, 0.1) is 17.3 Å². The molecular formula is C17H14N2O3S. The Bertz CT molecular complexity index is 887. The van der Waals surface area contributed by atoms with Gasteiger partial charge in [-0.05, 0) is 29.7 Å². The average Bonchev–Trinajstić information content (AvgIpc) is 3.04. The second-order valence-corrected chi connectivity index (χ2v) is 5.66. The van der Waals surface area contributed by atoms with Gasteiger partial charge < -0.3 is 4.74 Å². The molecule has 6 heteroatoms. The fraction of sp³-hybridized carbons (Fsp3) is 0.176. The fourth-order valence-electron chi connectivity index (χ4n) is 2.43. The van der Waals surface area contributed by atoms with Crippen molar-refractivity contribution in [2.24, 2.45) is 0 Å². The Labute approximate surface area is 137 Å². The second-order valence-electron chi connectivity index (χ2n) is 5.13. The van der Waals surface area contributed by atoms with E-state index in [9.17, 15) is 9.59 Å². The van der Waals surface area contributed by atoms with Crippen LogP contribution in [0.2, 0.25) is 0 Å². The van der Waals surface area contributed by atoms with Crippen LogP contribution in [0.5, 0.6) is 0 Å². The van der Waals surface area contributed by atoms with Gasteiger partial charge >= 0.3 is 5.97 Å². The van der Waals surface area contributed by atoms with Crippen LogP contribution in [0.3, 0.4) is 0 Å². The minimum absolute atomic E-state index is 0.282. The molecular weight excluding hydrogens is 312 g/mol. The standard InChI is InChI=1S/C17H14N2O3S/c1-10-13(12-6-4-3-5-7-12)8-14(15(21)9-22-11(2)20)17-16(10)18-23-19-17/h3-8H,9H2,1-2H3. The van der Waals surface area contributed by atoms with Crippen molar-refractivity contribution in [3.8, 4) is 11.1 Å². The number of rotatable bonds is 4. The van der Waals surface area contributed by atoms with E-state index in [4.69, 9.17) is 4.74 Å². The largest absolute Gasteiger partial charge is 0.457 e. The van der Waals surface area contributed by atoms with E-state index in [0.717, 1.165) is 28.4 Å². The van der Waals surface area contributed by atoms with Gasteiger partial charge in [0.15, 0.2) is 6.61 Å². The van der Waals surface area contributed by atoms with Gasteiger partial charge in [-0.1, -0.05) is 30.3 Å². The molecule has 5 nitrogen and oxygen atoms in total. The minimum Gasteiger partial charge on any atom is -0.457 e. The van der Waals surface area contributed by atoms with Gasteiger partial charge in [-0.15, -0.1) is 0 Å². The predicted molar refractivity (Wildman–Crippen MR) is 88.6 cm³/mol. The highest BCUT2D eigenvalue weighted by molar-refractivity contribution is 7.00. The number of ether oxygens (including phenoxy) is 1. The van der Waals surface area contributed by atoms with Crippen LogP contribution < -0.4 is 0 Å². The van der Waals surface area contributed by atoms with E-state index in [-0.39, 0.29) is 12.4 Å². The summed E-state index contributed by atoms with van der Waals surface area (Å²) in [5, 5.41) is 0. The van der Waals surface area contributed by atoms with Crippen molar-refractivity contribution < 1.29 is 14.3 Å². The minimum atomic E-state index is -0.485. The first-order chi connectivity index (χ1) is 11.1. The van der Waals surface area contributed by atoms with Crippen LogP contribution in [0, 0.1) is 6.92 Å². The van der Waals surface area contributed by atoms with Crippen molar-refractivity contribution in [1.82, 2.24) is 8.75 Å². The van der Waals surface area contributed by atoms with Crippen molar-refractivity contribution in [2.45, 2.75) is 13.8 Å². The number of Topliss-reactive ketones (excluding diaryl/α,β-unsaturated/α-hetero) is 1. The lowest BCUT2D eigenvalue weighted by Gasteiger charge is -2.10. The van der Waals surface area contributed by atoms with Gasteiger partial charge in [0, 0.05) is 6.92 Å². The molecule has 0 aliphatic carbocycles. The molecule has 0 N–H and O–H groups in total. The molecule has 3 rings (SSSR count). The maximum Gasteiger partial charge on any atom is 0.303 e. The molecule has 0 bridgehead atoms. The molecule has 0 atom stereocenters. The summed E-state index contributed by atoms with van der Waals surface area (Å²) < 4.78 is 13.4. The zero-order chi connectivity index (χ0) is 16.4. The highest BCUT2D eigenvalue weighted by Gasteiger charge is 2.19. The topological polar surface area (TPSA) is 69.2 Å². The summed E-state index contributed by atoms with van der Waals surface area (Å²) >= 11 is 1.07. The summed E-state index contributed by atoms with van der Waals surface area (Å²) in [6.45, 7) is 2.95. The number of nitrogens with zero attached hydrogens (tertiary/aromatic N) is 2. The smallest absolute Gasteiger partial charge is 0.303 e. The van der Waals surface area contributed by atoms with Gasteiger partial charge in [-0.2, -0.15) is 8.75 Å². The van der Waals surface area contributed by atoms with Crippen molar-refractivity contribution >= 4 is 34.5 Å². The van der Waals surface area contributed by atoms with Crippen molar-refractivity contribution in [1.29, 1.82) is 0 Å². The molecule has 0 spiro atoms. The first-order valence-corrected chi connectivity index (χ1v) is 7.79. The molecule has 0 aliphatic rings. The van der Waals surface area contributed by atoms with Gasteiger partial charge in [0.25, 0.3) is 0 Å². The number of ketones is 1. The normalized spacial score (nSPS) is 10.7. The Morgan fingerprint density at radius 2 is 1.83 bits per heavy atom. The van der Waals surface area contributed by atoms with E-state index in [2.05, 4.69) is 8.75 Å². The molecule has 0 saturated heterocycles. The first-order valence-electron chi connectivity index (χ1n) is 7.05. The summed E-state index contributed by atoms with van der Waals surface area (Å²) in [7, 11) is 0. The molecule has 0 radical (unpaired) electrons. The molecule has 2 aromatic carbocycles. The number of aryl methyl sites for hydroxylation is 1. The number of fused-ring (bicyclic) bond motifs is 1. The van der Waals surface area contributed by atoms with Crippen molar-refractivity contribution in [2.75, 3.05) is 6.61 Å². The molecule has 0 saturated carbocycles. The number of hydrogen-bond donors (Lipinski definition) is 0. The monoisotopic (exact) mass is 326 g/mol.